The number of amides is 1. The second-order valence-electron chi connectivity index (χ2n) is 7.88. The van der Waals surface area contributed by atoms with Gasteiger partial charge in [0.15, 0.2) is 0 Å². The molecule has 1 amide bonds. The van der Waals surface area contributed by atoms with Gasteiger partial charge in [-0.05, 0) is 55.8 Å². The number of nitrogens with one attached hydrogen (secondary N) is 1. The minimum absolute atomic E-state index is 0.128. The lowest BCUT2D eigenvalue weighted by molar-refractivity contribution is -0.124. The number of rotatable bonds is 8. The summed E-state index contributed by atoms with van der Waals surface area (Å²) in [5.41, 5.74) is 3.45. The molecule has 0 spiro atoms. The summed E-state index contributed by atoms with van der Waals surface area (Å²) >= 11 is 0. The first-order chi connectivity index (χ1) is 16.0. The van der Waals surface area contributed by atoms with Crippen LogP contribution in [-0.2, 0) is 21.4 Å². The molecule has 4 rings (SSSR count). The molecule has 1 aromatic carbocycles. The summed E-state index contributed by atoms with van der Waals surface area (Å²) in [5, 5.41) is 16.9. The lowest BCUT2D eigenvalue weighted by Gasteiger charge is -2.25. The van der Waals surface area contributed by atoms with E-state index in [1.54, 1.807) is 18.2 Å². The van der Waals surface area contributed by atoms with Gasteiger partial charge in [0.25, 0.3) is 15.9 Å². The Labute approximate surface area is 192 Å². The Morgan fingerprint density at radius 2 is 1.82 bits per heavy atom. The van der Waals surface area contributed by atoms with E-state index >= 15 is 0 Å². The van der Waals surface area contributed by atoms with Crippen LogP contribution in [0.3, 0.4) is 0 Å². The molecule has 0 bridgehead atoms. The van der Waals surface area contributed by atoms with Gasteiger partial charge in [0.05, 0.1) is 17.6 Å². The van der Waals surface area contributed by atoms with E-state index in [2.05, 4.69) is 15.2 Å². The van der Waals surface area contributed by atoms with Gasteiger partial charge < -0.3 is 4.90 Å². The van der Waals surface area contributed by atoms with Crippen molar-refractivity contribution in [3.05, 3.63) is 60.6 Å². The van der Waals surface area contributed by atoms with Crippen LogP contribution < -0.4 is 5.48 Å². The van der Waals surface area contributed by atoms with Crippen molar-refractivity contribution in [1.29, 1.82) is 0 Å². The molecule has 3 aromatic rings. The number of likely N-dealkylation sites (tertiary alicyclic amines) is 1. The van der Waals surface area contributed by atoms with Gasteiger partial charge in [-0.1, -0.05) is 23.8 Å². The maximum absolute atomic E-state index is 12.9. The second-order valence-corrected chi connectivity index (χ2v) is 9.73. The van der Waals surface area contributed by atoms with E-state index in [4.69, 9.17) is 5.21 Å². The highest BCUT2D eigenvalue weighted by atomic mass is 32.2. The molecule has 11 heteroatoms. The summed E-state index contributed by atoms with van der Waals surface area (Å²) < 4.78 is 28.7. The number of carbonyl (C=O) groups is 1. The predicted molar refractivity (Wildman–Crippen MR) is 122 cm³/mol. The highest BCUT2D eigenvalue weighted by Gasteiger charge is 2.17. The van der Waals surface area contributed by atoms with E-state index in [0.717, 1.165) is 41.8 Å². The van der Waals surface area contributed by atoms with E-state index in [1.807, 2.05) is 10.9 Å². The van der Waals surface area contributed by atoms with Crippen LogP contribution in [0.4, 0.5) is 0 Å². The number of hydroxylamine groups is 1. The molecule has 2 N–H and O–H groups in total. The number of nitrogens with zero attached hydrogens (tertiary/aromatic N) is 5. The fourth-order valence-corrected chi connectivity index (χ4v) is 4.94. The summed E-state index contributed by atoms with van der Waals surface area (Å²) in [6, 6.07) is 8.04. The van der Waals surface area contributed by atoms with Crippen LogP contribution in [0.5, 0.6) is 0 Å². The Bertz CT molecular complexity index is 1220. The van der Waals surface area contributed by atoms with Crippen molar-refractivity contribution in [2.75, 3.05) is 19.6 Å². The SMILES string of the molecule is O=C(/C=C/c1ccn(S(=O)(=O)c2ccc(-c3cn(CCN4CCCCC4)nn3)cc2)c1)NO. The molecule has 0 saturated carbocycles. The molecule has 3 heterocycles. The first kappa shape index (κ1) is 22.9. The van der Waals surface area contributed by atoms with Gasteiger partial charge in [-0.3, -0.25) is 14.7 Å². The highest BCUT2D eigenvalue weighted by molar-refractivity contribution is 7.90. The summed E-state index contributed by atoms with van der Waals surface area (Å²) in [6.45, 7) is 3.98. The fraction of sp³-hybridized carbons (Fsp3) is 0.318. The van der Waals surface area contributed by atoms with Gasteiger partial charge in [0.2, 0.25) is 0 Å². The zero-order valence-electron chi connectivity index (χ0n) is 18.0. The van der Waals surface area contributed by atoms with E-state index in [1.165, 1.54) is 55.3 Å². The van der Waals surface area contributed by atoms with Gasteiger partial charge in [-0.2, -0.15) is 0 Å². The first-order valence-electron chi connectivity index (χ1n) is 10.7. The van der Waals surface area contributed by atoms with Crippen molar-refractivity contribution in [2.45, 2.75) is 30.7 Å². The highest BCUT2D eigenvalue weighted by Crippen LogP contribution is 2.21. The fourth-order valence-electron chi connectivity index (χ4n) is 3.74. The molecule has 33 heavy (non-hydrogen) atoms. The predicted octanol–water partition coefficient (Wildman–Crippen LogP) is 1.99. The molecule has 1 saturated heterocycles. The molecule has 0 aliphatic carbocycles. The van der Waals surface area contributed by atoms with E-state index in [9.17, 15) is 13.2 Å². The molecule has 1 aliphatic rings. The first-order valence-corrected chi connectivity index (χ1v) is 12.2. The Hall–Kier alpha value is -3.28. The van der Waals surface area contributed by atoms with Crippen LogP contribution in [0.2, 0.25) is 0 Å². The smallest absolute Gasteiger partial charge is 0.267 e. The van der Waals surface area contributed by atoms with Crippen LogP contribution in [0.1, 0.15) is 24.8 Å². The third-order valence-corrected chi connectivity index (χ3v) is 7.24. The summed E-state index contributed by atoms with van der Waals surface area (Å²) in [7, 11) is -3.79. The second kappa shape index (κ2) is 10.1. The number of piperidine rings is 1. The minimum atomic E-state index is -3.79. The maximum Gasteiger partial charge on any atom is 0.267 e. The number of aromatic nitrogens is 4. The Balaban J connectivity index is 1.42. The van der Waals surface area contributed by atoms with Gasteiger partial charge in [0.1, 0.15) is 5.69 Å². The van der Waals surface area contributed by atoms with Crippen molar-refractivity contribution >= 4 is 22.0 Å². The number of carbonyl (C=O) groups excluding carboxylic acids is 1. The number of hydrogen-bond acceptors (Lipinski definition) is 7. The molecule has 0 radical (unpaired) electrons. The standard InChI is InChI=1S/C22H26N6O4S/c29-22(24-30)9-4-18-10-13-28(16-18)33(31,32)20-7-5-19(6-8-20)21-17-27(25-23-21)15-14-26-11-2-1-3-12-26/h4-10,13,16-17,30H,1-3,11-12,14-15H2,(H,24,29)/b9-4+. The monoisotopic (exact) mass is 470 g/mol. The maximum atomic E-state index is 12.9. The van der Waals surface area contributed by atoms with E-state index in [0.29, 0.717) is 11.3 Å². The normalized spacial score (nSPS) is 15.2. The van der Waals surface area contributed by atoms with Crippen LogP contribution in [0.15, 0.2) is 59.9 Å². The zero-order chi connectivity index (χ0) is 23.3. The third kappa shape index (κ3) is 5.56. The molecule has 1 fully saturated rings. The summed E-state index contributed by atoms with van der Waals surface area (Å²) in [4.78, 5) is 13.7. The largest absolute Gasteiger partial charge is 0.301 e. The molecule has 174 valence electrons. The van der Waals surface area contributed by atoms with Crippen molar-refractivity contribution in [1.82, 2.24) is 29.3 Å². The lowest BCUT2D eigenvalue weighted by atomic mass is 10.1. The molecule has 1 aliphatic heterocycles. The van der Waals surface area contributed by atoms with E-state index in [-0.39, 0.29) is 4.90 Å². The quantitative estimate of drug-likeness (QED) is 0.293. The van der Waals surface area contributed by atoms with Crippen molar-refractivity contribution < 1.29 is 18.4 Å². The Morgan fingerprint density at radius 3 is 2.55 bits per heavy atom. The minimum Gasteiger partial charge on any atom is -0.301 e. The molecule has 0 atom stereocenters. The molecule has 0 unspecified atom stereocenters. The van der Waals surface area contributed by atoms with Crippen LogP contribution >= 0.6 is 0 Å². The van der Waals surface area contributed by atoms with Crippen molar-refractivity contribution in [2.24, 2.45) is 0 Å². The van der Waals surface area contributed by atoms with Crippen LogP contribution in [-0.4, -0.2) is 63.0 Å². The lowest BCUT2D eigenvalue weighted by Crippen LogP contribution is -2.32. The summed E-state index contributed by atoms with van der Waals surface area (Å²) in [6.07, 6.45) is 11.0. The third-order valence-electron chi connectivity index (χ3n) is 5.59. The molecular formula is C22H26N6O4S. The van der Waals surface area contributed by atoms with Crippen LogP contribution in [0, 0.1) is 0 Å². The van der Waals surface area contributed by atoms with Crippen molar-refractivity contribution in [3.63, 3.8) is 0 Å². The number of benzene rings is 1. The summed E-state index contributed by atoms with van der Waals surface area (Å²) in [5.74, 6) is -0.704. The molecular weight excluding hydrogens is 444 g/mol. The van der Waals surface area contributed by atoms with Gasteiger partial charge in [-0.15, -0.1) is 5.10 Å². The van der Waals surface area contributed by atoms with E-state index < -0.39 is 15.9 Å². The molecule has 2 aromatic heterocycles. The van der Waals surface area contributed by atoms with Crippen molar-refractivity contribution in [3.8, 4) is 11.3 Å². The Kier molecular flexibility index (Phi) is 7.02. The van der Waals surface area contributed by atoms with Gasteiger partial charge in [-0.25, -0.2) is 17.9 Å². The van der Waals surface area contributed by atoms with Gasteiger partial charge >= 0.3 is 0 Å². The Morgan fingerprint density at radius 1 is 1.06 bits per heavy atom. The zero-order valence-corrected chi connectivity index (χ0v) is 18.9. The molecule has 10 nitrogen and oxygen atoms in total. The van der Waals surface area contributed by atoms with Crippen LogP contribution in [0.25, 0.3) is 17.3 Å². The topological polar surface area (TPSA) is 122 Å². The number of hydrogen-bond donors (Lipinski definition) is 2. The average Bonchev–Trinajstić information content (AvgIpc) is 3.52. The average molecular weight is 471 g/mol. The van der Waals surface area contributed by atoms with Gasteiger partial charge in [0, 0.05) is 30.6 Å².